The summed E-state index contributed by atoms with van der Waals surface area (Å²) >= 11 is 0. The summed E-state index contributed by atoms with van der Waals surface area (Å²) in [6.45, 7) is 3.85. The Hall–Kier alpha value is -1.39. The van der Waals surface area contributed by atoms with Crippen LogP contribution in [-0.4, -0.2) is 29.5 Å². The quantitative estimate of drug-likeness (QED) is 0.802. The normalized spacial score (nSPS) is 15.1. The fourth-order valence-electron chi connectivity index (χ4n) is 1.47. The van der Waals surface area contributed by atoms with Crippen molar-refractivity contribution in [2.75, 3.05) is 0 Å². The average Bonchev–Trinajstić information content (AvgIpc) is 2.70. The van der Waals surface area contributed by atoms with Gasteiger partial charge in [0.25, 0.3) is 0 Å². The summed E-state index contributed by atoms with van der Waals surface area (Å²) in [7, 11) is -3.58. The molecule has 1 heterocycles. The maximum atomic E-state index is 11.8. The van der Waals surface area contributed by atoms with Crippen LogP contribution in [0.4, 0.5) is 0 Å². The van der Waals surface area contributed by atoms with Crippen LogP contribution in [0.2, 0.25) is 0 Å². The van der Waals surface area contributed by atoms with Gasteiger partial charge in [0.05, 0.1) is 12.6 Å². The topological polar surface area (TPSA) is 87.8 Å². The molecule has 1 rings (SSSR count). The molecule has 0 bridgehead atoms. The molecular weight excluding hydrogens is 240 g/mol. The van der Waals surface area contributed by atoms with E-state index in [0.29, 0.717) is 6.54 Å². The van der Waals surface area contributed by atoms with E-state index in [2.05, 4.69) is 9.82 Å². The minimum Gasteiger partial charge on any atom is -0.271 e. The van der Waals surface area contributed by atoms with Crippen LogP contribution in [-0.2, 0) is 16.6 Å². The zero-order valence-electron chi connectivity index (χ0n) is 9.87. The predicted molar refractivity (Wildman–Crippen MR) is 63.4 cm³/mol. The van der Waals surface area contributed by atoms with Crippen molar-refractivity contribution in [2.24, 2.45) is 0 Å². The molecule has 0 saturated carbocycles. The van der Waals surface area contributed by atoms with Crippen molar-refractivity contribution in [2.45, 2.75) is 38.1 Å². The van der Waals surface area contributed by atoms with Crippen molar-refractivity contribution in [3.8, 4) is 6.07 Å². The standard InChI is InChI=1S/C10H16N4O2S/c1-3-10(7-11)17(15,16)13-9(2)8-14-6-4-5-12-14/h4-6,9-10,13H,3,8H2,1-2H3. The number of nitrogens with zero attached hydrogens (tertiary/aromatic N) is 3. The van der Waals surface area contributed by atoms with Gasteiger partial charge in [0.15, 0.2) is 5.25 Å². The van der Waals surface area contributed by atoms with Gasteiger partial charge in [-0.25, -0.2) is 13.1 Å². The molecule has 1 N–H and O–H groups in total. The first-order chi connectivity index (χ1) is 7.99. The molecule has 2 unspecified atom stereocenters. The van der Waals surface area contributed by atoms with Crippen LogP contribution < -0.4 is 4.72 Å². The number of rotatable bonds is 6. The third-order valence-electron chi connectivity index (χ3n) is 2.27. The average molecular weight is 256 g/mol. The number of hydrogen-bond donors (Lipinski definition) is 1. The maximum absolute atomic E-state index is 11.8. The number of nitriles is 1. The highest BCUT2D eigenvalue weighted by molar-refractivity contribution is 7.90. The molecule has 0 radical (unpaired) electrons. The van der Waals surface area contributed by atoms with Gasteiger partial charge in [-0.15, -0.1) is 0 Å². The van der Waals surface area contributed by atoms with Crippen molar-refractivity contribution >= 4 is 10.0 Å². The second-order valence-electron chi connectivity index (χ2n) is 3.82. The first-order valence-electron chi connectivity index (χ1n) is 5.37. The zero-order valence-corrected chi connectivity index (χ0v) is 10.7. The molecule has 0 fully saturated rings. The van der Waals surface area contributed by atoms with Crippen LogP contribution in [0.3, 0.4) is 0 Å². The molecule has 0 amide bonds. The van der Waals surface area contributed by atoms with E-state index in [9.17, 15) is 8.42 Å². The molecular formula is C10H16N4O2S. The molecule has 17 heavy (non-hydrogen) atoms. The van der Waals surface area contributed by atoms with Crippen molar-refractivity contribution < 1.29 is 8.42 Å². The van der Waals surface area contributed by atoms with Crippen molar-refractivity contribution in [1.82, 2.24) is 14.5 Å². The van der Waals surface area contributed by atoms with Gasteiger partial charge in [0, 0.05) is 18.4 Å². The van der Waals surface area contributed by atoms with Gasteiger partial charge in [0.2, 0.25) is 10.0 Å². The van der Waals surface area contributed by atoms with Crippen LogP contribution in [0.1, 0.15) is 20.3 Å². The molecule has 0 aliphatic heterocycles. The molecule has 6 nitrogen and oxygen atoms in total. The largest absolute Gasteiger partial charge is 0.271 e. The molecule has 94 valence electrons. The fourth-order valence-corrected chi connectivity index (χ4v) is 2.85. The lowest BCUT2D eigenvalue weighted by Crippen LogP contribution is -2.40. The molecule has 0 aromatic carbocycles. The van der Waals surface area contributed by atoms with E-state index in [1.807, 2.05) is 0 Å². The number of sulfonamides is 1. The monoisotopic (exact) mass is 256 g/mol. The first-order valence-corrected chi connectivity index (χ1v) is 6.92. The molecule has 0 saturated heterocycles. The second kappa shape index (κ2) is 5.80. The highest BCUT2D eigenvalue weighted by Crippen LogP contribution is 2.04. The Morgan fingerprint density at radius 3 is 2.76 bits per heavy atom. The Balaban J connectivity index is 2.62. The van der Waals surface area contributed by atoms with E-state index in [1.165, 1.54) is 0 Å². The molecule has 0 spiro atoms. The lowest BCUT2D eigenvalue weighted by Gasteiger charge is -2.16. The van der Waals surface area contributed by atoms with Gasteiger partial charge in [-0.1, -0.05) is 6.92 Å². The second-order valence-corrected chi connectivity index (χ2v) is 5.71. The molecule has 0 aliphatic carbocycles. The van der Waals surface area contributed by atoms with Gasteiger partial charge in [-0.3, -0.25) is 4.68 Å². The molecule has 7 heteroatoms. The van der Waals surface area contributed by atoms with E-state index in [-0.39, 0.29) is 12.5 Å². The van der Waals surface area contributed by atoms with Gasteiger partial charge in [-0.2, -0.15) is 10.4 Å². The molecule has 2 atom stereocenters. The van der Waals surface area contributed by atoms with Crippen LogP contribution in [0, 0.1) is 11.3 Å². The van der Waals surface area contributed by atoms with Gasteiger partial charge < -0.3 is 0 Å². The van der Waals surface area contributed by atoms with E-state index < -0.39 is 15.3 Å². The van der Waals surface area contributed by atoms with Gasteiger partial charge >= 0.3 is 0 Å². The Morgan fingerprint density at radius 1 is 1.59 bits per heavy atom. The number of hydrogen-bond acceptors (Lipinski definition) is 4. The Kier molecular flexibility index (Phi) is 4.66. The minimum absolute atomic E-state index is 0.278. The van der Waals surface area contributed by atoms with Gasteiger partial charge in [-0.05, 0) is 19.4 Å². The highest BCUT2D eigenvalue weighted by atomic mass is 32.2. The van der Waals surface area contributed by atoms with Crippen molar-refractivity contribution in [3.05, 3.63) is 18.5 Å². The lowest BCUT2D eigenvalue weighted by molar-refractivity contribution is 0.491. The summed E-state index contributed by atoms with van der Waals surface area (Å²) in [5.74, 6) is 0. The van der Waals surface area contributed by atoms with Gasteiger partial charge in [0.1, 0.15) is 0 Å². The first kappa shape index (κ1) is 13.7. The van der Waals surface area contributed by atoms with Crippen LogP contribution in [0.25, 0.3) is 0 Å². The lowest BCUT2D eigenvalue weighted by atomic mass is 10.4. The highest BCUT2D eigenvalue weighted by Gasteiger charge is 2.25. The van der Waals surface area contributed by atoms with Crippen LogP contribution in [0.5, 0.6) is 0 Å². The van der Waals surface area contributed by atoms with E-state index in [1.54, 1.807) is 43.1 Å². The van der Waals surface area contributed by atoms with E-state index >= 15 is 0 Å². The van der Waals surface area contributed by atoms with Crippen LogP contribution in [0.15, 0.2) is 18.5 Å². The zero-order chi connectivity index (χ0) is 12.9. The fraction of sp³-hybridized carbons (Fsp3) is 0.600. The predicted octanol–water partition coefficient (Wildman–Crippen LogP) is 0.493. The summed E-state index contributed by atoms with van der Waals surface area (Å²) in [6.07, 6.45) is 3.66. The van der Waals surface area contributed by atoms with E-state index in [0.717, 1.165) is 0 Å². The Labute approximate surface area is 101 Å². The number of aromatic nitrogens is 2. The molecule has 0 aliphatic rings. The Bertz CT molecular complexity index is 475. The van der Waals surface area contributed by atoms with E-state index in [4.69, 9.17) is 5.26 Å². The minimum atomic E-state index is -3.58. The Morgan fingerprint density at radius 2 is 2.29 bits per heavy atom. The van der Waals surface area contributed by atoms with Crippen LogP contribution >= 0.6 is 0 Å². The van der Waals surface area contributed by atoms with Crippen molar-refractivity contribution in [1.29, 1.82) is 5.26 Å². The third kappa shape index (κ3) is 3.84. The summed E-state index contributed by atoms with van der Waals surface area (Å²) in [5, 5.41) is 11.7. The summed E-state index contributed by atoms with van der Waals surface area (Å²) in [6, 6.07) is 3.25. The summed E-state index contributed by atoms with van der Waals surface area (Å²) < 4.78 is 27.7. The maximum Gasteiger partial charge on any atom is 0.228 e. The third-order valence-corrected chi connectivity index (χ3v) is 4.19. The smallest absolute Gasteiger partial charge is 0.228 e. The molecule has 1 aromatic rings. The molecule has 1 aromatic heterocycles. The van der Waals surface area contributed by atoms with Crippen molar-refractivity contribution in [3.63, 3.8) is 0 Å². The SMILES string of the molecule is CCC(C#N)S(=O)(=O)NC(C)Cn1cccn1. The summed E-state index contributed by atoms with van der Waals surface area (Å²) in [5.41, 5.74) is 0. The number of nitrogens with one attached hydrogen (secondary N) is 1. The summed E-state index contributed by atoms with van der Waals surface area (Å²) in [4.78, 5) is 0.